The Kier molecular flexibility index (Phi) is 5.65. The van der Waals surface area contributed by atoms with Crippen molar-refractivity contribution < 1.29 is 4.79 Å². The summed E-state index contributed by atoms with van der Waals surface area (Å²) in [5, 5.41) is 0.583. The molecule has 0 aliphatic rings. The molecule has 0 radical (unpaired) electrons. The molecule has 2 N–H and O–H groups in total. The lowest BCUT2D eigenvalue weighted by Crippen LogP contribution is -2.21. The molecule has 0 fully saturated rings. The number of hydrogen-bond donors (Lipinski definition) is 1. The zero-order chi connectivity index (χ0) is 12.8. The third kappa shape index (κ3) is 4.88. The first-order chi connectivity index (χ1) is 8.00. The maximum Gasteiger partial charge on any atom is 0.222 e. The molecule has 0 heterocycles. The fraction of sp³-hybridized carbons (Fsp3) is 0.417. The summed E-state index contributed by atoms with van der Waals surface area (Å²) in [6.07, 6.45) is 1.45. The first kappa shape index (κ1) is 14.2. The van der Waals surface area contributed by atoms with Crippen LogP contribution in [-0.4, -0.2) is 30.7 Å². The highest BCUT2D eigenvalue weighted by molar-refractivity contribution is 7.99. The molecule has 0 saturated carbocycles. The maximum absolute atomic E-state index is 11.3. The highest BCUT2D eigenvalue weighted by atomic mass is 35.5. The van der Waals surface area contributed by atoms with Crippen molar-refractivity contribution in [3.63, 3.8) is 0 Å². The second kappa shape index (κ2) is 6.77. The maximum atomic E-state index is 11.3. The van der Waals surface area contributed by atoms with Gasteiger partial charge in [0.05, 0.1) is 10.7 Å². The van der Waals surface area contributed by atoms with Gasteiger partial charge in [-0.25, -0.2) is 0 Å². The van der Waals surface area contributed by atoms with E-state index in [1.807, 2.05) is 12.1 Å². The van der Waals surface area contributed by atoms with Crippen molar-refractivity contribution in [3.8, 4) is 0 Å². The number of nitrogens with two attached hydrogens (primary N) is 1. The summed E-state index contributed by atoms with van der Waals surface area (Å²) in [4.78, 5) is 14.0. The second-order valence-electron chi connectivity index (χ2n) is 3.92. The number of thioether (sulfide) groups is 1. The van der Waals surface area contributed by atoms with Gasteiger partial charge < -0.3 is 10.6 Å². The van der Waals surface area contributed by atoms with E-state index in [-0.39, 0.29) is 5.91 Å². The minimum atomic E-state index is 0.168. The van der Waals surface area contributed by atoms with Gasteiger partial charge in [0.1, 0.15) is 0 Å². The van der Waals surface area contributed by atoms with Crippen LogP contribution in [0.3, 0.4) is 0 Å². The second-order valence-corrected chi connectivity index (χ2v) is 5.50. The van der Waals surface area contributed by atoms with Crippen molar-refractivity contribution in [2.45, 2.75) is 17.7 Å². The summed E-state index contributed by atoms with van der Waals surface area (Å²) in [5.41, 5.74) is 6.22. The van der Waals surface area contributed by atoms with Crippen LogP contribution < -0.4 is 5.73 Å². The Balaban J connectivity index is 2.31. The average Bonchev–Trinajstić information content (AvgIpc) is 2.28. The summed E-state index contributed by atoms with van der Waals surface area (Å²) in [6, 6.07) is 5.60. The van der Waals surface area contributed by atoms with Crippen molar-refractivity contribution in [2.24, 2.45) is 0 Å². The molecule has 0 saturated heterocycles. The SMILES string of the molecule is CN(C)C(=O)CCCSc1ccc(N)c(Cl)c1. The van der Waals surface area contributed by atoms with Gasteiger partial charge in [0.2, 0.25) is 5.91 Å². The third-order valence-electron chi connectivity index (χ3n) is 2.27. The van der Waals surface area contributed by atoms with Crippen LogP contribution in [0.1, 0.15) is 12.8 Å². The van der Waals surface area contributed by atoms with Crippen molar-refractivity contribution in [2.75, 3.05) is 25.6 Å². The lowest BCUT2D eigenvalue weighted by molar-refractivity contribution is -0.128. The van der Waals surface area contributed by atoms with E-state index in [1.54, 1.807) is 36.8 Å². The zero-order valence-electron chi connectivity index (χ0n) is 10.1. The summed E-state index contributed by atoms with van der Waals surface area (Å²) >= 11 is 7.61. The number of anilines is 1. The van der Waals surface area contributed by atoms with Gasteiger partial charge in [-0.15, -0.1) is 11.8 Å². The predicted octanol–water partition coefficient (Wildman–Crippen LogP) is 2.88. The number of benzene rings is 1. The Morgan fingerprint density at radius 3 is 2.76 bits per heavy atom. The fourth-order valence-corrected chi connectivity index (χ4v) is 2.37. The molecular weight excluding hydrogens is 256 g/mol. The van der Waals surface area contributed by atoms with Crippen molar-refractivity contribution in [1.82, 2.24) is 4.90 Å². The number of rotatable bonds is 5. The van der Waals surface area contributed by atoms with E-state index in [1.165, 1.54) is 0 Å². The smallest absolute Gasteiger partial charge is 0.222 e. The lowest BCUT2D eigenvalue weighted by Gasteiger charge is -2.09. The van der Waals surface area contributed by atoms with Gasteiger partial charge >= 0.3 is 0 Å². The van der Waals surface area contributed by atoms with Crippen molar-refractivity contribution in [1.29, 1.82) is 0 Å². The van der Waals surface area contributed by atoms with Crippen LogP contribution in [0.2, 0.25) is 5.02 Å². The minimum Gasteiger partial charge on any atom is -0.398 e. The minimum absolute atomic E-state index is 0.168. The standard InChI is InChI=1S/C12H17ClN2OS/c1-15(2)12(16)4-3-7-17-9-5-6-11(14)10(13)8-9/h5-6,8H,3-4,7,14H2,1-2H3. The van der Waals surface area contributed by atoms with Gasteiger partial charge in [0, 0.05) is 25.4 Å². The Hall–Kier alpha value is -0.870. The number of carbonyl (C=O) groups excluding carboxylic acids is 1. The fourth-order valence-electron chi connectivity index (χ4n) is 1.23. The molecule has 0 atom stereocenters. The van der Waals surface area contributed by atoms with Gasteiger partial charge in [-0.1, -0.05) is 11.6 Å². The molecule has 1 aromatic carbocycles. The van der Waals surface area contributed by atoms with Crippen molar-refractivity contribution in [3.05, 3.63) is 23.2 Å². The molecule has 0 bridgehead atoms. The van der Waals surface area contributed by atoms with Crippen molar-refractivity contribution >= 4 is 35.0 Å². The topological polar surface area (TPSA) is 46.3 Å². The number of halogens is 1. The molecule has 0 spiro atoms. The summed E-state index contributed by atoms with van der Waals surface area (Å²) < 4.78 is 0. The van der Waals surface area contributed by atoms with Crippen LogP contribution in [0.4, 0.5) is 5.69 Å². The summed E-state index contributed by atoms with van der Waals surface area (Å²) in [5.74, 6) is 1.07. The Morgan fingerprint density at radius 2 is 2.18 bits per heavy atom. The monoisotopic (exact) mass is 272 g/mol. The molecule has 0 unspecified atom stereocenters. The van der Waals surface area contributed by atoms with Gasteiger partial charge in [-0.05, 0) is 30.4 Å². The Morgan fingerprint density at radius 1 is 1.47 bits per heavy atom. The number of nitrogen functional groups attached to an aromatic ring is 1. The molecule has 0 aliphatic carbocycles. The molecule has 1 amide bonds. The Labute approximate surface area is 111 Å². The van der Waals surface area contributed by atoms with Crippen LogP contribution in [0.15, 0.2) is 23.1 Å². The molecule has 0 aromatic heterocycles. The van der Waals surface area contributed by atoms with Crippen LogP contribution >= 0.6 is 23.4 Å². The number of hydrogen-bond acceptors (Lipinski definition) is 3. The van der Waals surface area contributed by atoms with E-state index in [0.29, 0.717) is 17.1 Å². The van der Waals surface area contributed by atoms with Crippen LogP contribution in [-0.2, 0) is 4.79 Å². The molecule has 5 heteroatoms. The zero-order valence-corrected chi connectivity index (χ0v) is 11.6. The van der Waals surface area contributed by atoms with E-state index < -0.39 is 0 Å². The molecule has 0 aliphatic heterocycles. The highest BCUT2D eigenvalue weighted by Gasteiger charge is 2.04. The van der Waals surface area contributed by atoms with E-state index in [2.05, 4.69) is 0 Å². The average molecular weight is 273 g/mol. The Bertz CT molecular complexity index is 396. The highest BCUT2D eigenvalue weighted by Crippen LogP contribution is 2.26. The van der Waals surface area contributed by atoms with E-state index in [0.717, 1.165) is 17.1 Å². The first-order valence-corrected chi connectivity index (χ1v) is 6.75. The number of carbonyl (C=O) groups is 1. The molecule has 1 aromatic rings. The lowest BCUT2D eigenvalue weighted by atomic mass is 10.3. The van der Waals surface area contributed by atoms with Gasteiger partial charge in [0.15, 0.2) is 0 Å². The first-order valence-electron chi connectivity index (χ1n) is 5.38. The predicted molar refractivity (Wildman–Crippen MR) is 74.5 cm³/mol. The molecule has 94 valence electrons. The summed E-state index contributed by atoms with van der Waals surface area (Å²) in [6.45, 7) is 0. The number of amides is 1. The van der Waals surface area contributed by atoms with Crippen LogP contribution in [0.25, 0.3) is 0 Å². The third-order valence-corrected chi connectivity index (χ3v) is 3.68. The molecule has 1 rings (SSSR count). The summed E-state index contributed by atoms with van der Waals surface area (Å²) in [7, 11) is 3.55. The van der Waals surface area contributed by atoms with E-state index in [4.69, 9.17) is 17.3 Å². The molecule has 17 heavy (non-hydrogen) atoms. The number of nitrogens with zero attached hydrogens (tertiary/aromatic N) is 1. The van der Waals surface area contributed by atoms with E-state index in [9.17, 15) is 4.79 Å². The van der Waals surface area contributed by atoms with Crippen LogP contribution in [0, 0.1) is 0 Å². The van der Waals surface area contributed by atoms with Gasteiger partial charge in [-0.3, -0.25) is 4.79 Å². The normalized spacial score (nSPS) is 10.3. The molecule has 3 nitrogen and oxygen atoms in total. The van der Waals surface area contributed by atoms with E-state index >= 15 is 0 Å². The van der Waals surface area contributed by atoms with Gasteiger partial charge in [0.25, 0.3) is 0 Å². The largest absolute Gasteiger partial charge is 0.398 e. The van der Waals surface area contributed by atoms with Crippen LogP contribution in [0.5, 0.6) is 0 Å². The molecular formula is C12H17ClN2OS. The van der Waals surface area contributed by atoms with Gasteiger partial charge in [-0.2, -0.15) is 0 Å². The quantitative estimate of drug-likeness (QED) is 0.509.